The van der Waals surface area contributed by atoms with Crippen molar-refractivity contribution in [2.45, 2.75) is 37.0 Å². The van der Waals surface area contributed by atoms with Crippen molar-refractivity contribution < 1.29 is 0 Å². The molecule has 2 heteroatoms. The molecule has 1 spiro atoms. The summed E-state index contributed by atoms with van der Waals surface area (Å²) < 4.78 is 0. The van der Waals surface area contributed by atoms with Crippen LogP contribution in [-0.2, 0) is 10.8 Å². The predicted octanol–water partition coefficient (Wildman–Crippen LogP) is 13.6. The lowest BCUT2D eigenvalue weighted by atomic mass is 9.55. The molecule has 8 aromatic rings. The number of rotatable bonds is 5. The minimum absolute atomic E-state index is 0.112. The number of hydrogen-bond acceptors (Lipinski definition) is 2. The highest BCUT2D eigenvalue weighted by molar-refractivity contribution is 5.91. The van der Waals surface area contributed by atoms with E-state index in [1.165, 1.54) is 61.2 Å². The fraction of sp³-hybridized carbons (Fsp3) is 0.107. The molecule has 3 aliphatic rings. The van der Waals surface area contributed by atoms with Crippen LogP contribution in [0.25, 0.3) is 50.6 Å². The zero-order chi connectivity index (χ0) is 38.8. The van der Waals surface area contributed by atoms with E-state index in [9.17, 15) is 0 Å². The van der Waals surface area contributed by atoms with E-state index in [4.69, 9.17) is 9.97 Å². The van der Waals surface area contributed by atoms with Crippen LogP contribution in [0.5, 0.6) is 0 Å². The average molecular weight is 743 g/mol. The Hall–Kier alpha value is -6.90. The fourth-order valence-electron chi connectivity index (χ4n) is 10.2. The zero-order valence-corrected chi connectivity index (χ0v) is 32.7. The maximum Gasteiger partial charge on any atom is 0.160 e. The van der Waals surface area contributed by atoms with Gasteiger partial charge in [0, 0.05) is 28.0 Å². The summed E-state index contributed by atoms with van der Waals surface area (Å²) in [6.07, 6.45) is 8.09. The second kappa shape index (κ2) is 13.4. The first kappa shape index (κ1) is 34.4. The first-order valence-corrected chi connectivity index (χ1v) is 20.4. The Bertz CT molecular complexity index is 2840. The number of aromatic nitrogens is 2. The van der Waals surface area contributed by atoms with Crippen LogP contribution in [0.1, 0.15) is 70.7 Å². The lowest BCUT2D eigenvalue weighted by Crippen LogP contribution is -2.40. The van der Waals surface area contributed by atoms with E-state index in [2.05, 4.69) is 202 Å². The van der Waals surface area contributed by atoms with Crippen molar-refractivity contribution in [2.75, 3.05) is 0 Å². The molecule has 1 atom stereocenters. The SMILES string of the molecule is CC1(C)c2ccccc2C2(c3ccccc3-c3c(C4C=CC(c5cccc(-c6nc(-c7ccccc7)cc(-c7ccccc7)n6)c5)=CC4)cccc32)c2ccccc21. The molecule has 1 unspecified atom stereocenters. The molecule has 1 heterocycles. The monoisotopic (exact) mass is 742 g/mol. The highest BCUT2D eigenvalue weighted by Gasteiger charge is 2.53. The normalized spacial score (nSPS) is 16.5. The fourth-order valence-corrected chi connectivity index (χ4v) is 10.2. The van der Waals surface area contributed by atoms with Crippen LogP contribution in [0.15, 0.2) is 200 Å². The van der Waals surface area contributed by atoms with Crippen molar-refractivity contribution in [1.29, 1.82) is 0 Å². The van der Waals surface area contributed by atoms with Gasteiger partial charge in [-0.25, -0.2) is 9.97 Å². The van der Waals surface area contributed by atoms with Gasteiger partial charge in [-0.3, -0.25) is 0 Å². The minimum Gasteiger partial charge on any atom is -0.228 e. The molecular weight excluding hydrogens is 701 g/mol. The first-order valence-electron chi connectivity index (χ1n) is 20.4. The van der Waals surface area contributed by atoms with Crippen LogP contribution in [0.3, 0.4) is 0 Å². The van der Waals surface area contributed by atoms with E-state index in [1.54, 1.807) is 0 Å². The molecule has 0 N–H and O–H groups in total. The molecule has 58 heavy (non-hydrogen) atoms. The molecule has 0 bridgehead atoms. The van der Waals surface area contributed by atoms with E-state index in [-0.39, 0.29) is 16.7 Å². The minimum atomic E-state index is -0.384. The predicted molar refractivity (Wildman–Crippen MR) is 239 cm³/mol. The summed E-state index contributed by atoms with van der Waals surface area (Å²) in [7, 11) is 0. The van der Waals surface area contributed by atoms with Crippen molar-refractivity contribution in [3.05, 3.63) is 245 Å². The summed E-state index contributed by atoms with van der Waals surface area (Å²) in [5.41, 5.74) is 19.4. The Balaban J connectivity index is 0.980. The summed E-state index contributed by atoms with van der Waals surface area (Å²) in [6.45, 7) is 4.78. The highest BCUT2D eigenvalue weighted by Crippen LogP contribution is 2.63. The molecule has 0 amide bonds. The Morgan fingerprint density at radius 1 is 0.466 bits per heavy atom. The number of nitrogens with zero attached hydrogens (tertiary/aromatic N) is 2. The molecule has 2 nitrogen and oxygen atoms in total. The Morgan fingerprint density at radius 3 is 1.60 bits per heavy atom. The number of hydrogen-bond donors (Lipinski definition) is 0. The standard InChI is InChI=1S/C56H42N2/c1-55(2)46-26-11-13-28-48(46)56(49-29-14-12-27-47(49)55)45-25-10-9-23-44(45)53-43(24-16-30-50(53)56)38-33-31-37(32-34-38)41-21-15-22-42(35-41)54-57-51(39-17-5-3-6-18-39)36-52(58-54)40-19-7-4-8-20-40/h3-33,35-36,38H,34H2,1-2H3. The van der Waals surface area contributed by atoms with E-state index < -0.39 is 0 Å². The topological polar surface area (TPSA) is 25.8 Å². The number of benzene rings is 7. The van der Waals surface area contributed by atoms with E-state index >= 15 is 0 Å². The zero-order valence-electron chi connectivity index (χ0n) is 32.7. The maximum atomic E-state index is 5.11. The third-order valence-electron chi connectivity index (χ3n) is 12.9. The van der Waals surface area contributed by atoms with Crippen LogP contribution in [-0.4, -0.2) is 9.97 Å². The third kappa shape index (κ3) is 5.18. The van der Waals surface area contributed by atoms with Gasteiger partial charge >= 0.3 is 0 Å². The Morgan fingerprint density at radius 2 is 0.983 bits per heavy atom. The van der Waals surface area contributed by atoms with Gasteiger partial charge < -0.3 is 0 Å². The lowest BCUT2D eigenvalue weighted by molar-refractivity contribution is 0.563. The first-order chi connectivity index (χ1) is 28.5. The van der Waals surface area contributed by atoms with Crippen LogP contribution in [0.2, 0.25) is 0 Å². The summed E-state index contributed by atoms with van der Waals surface area (Å²) in [6, 6.07) is 66.2. The van der Waals surface area contributed by atoms with Gasteiger partial charge in [-0.15, -0.1) is 0 Å². The van der Waals surface area contributed by atoms with Crippen molar-refractivity contribution in [1.82, 2.24) is 9.97 Å². The average Bonchev–Trinajstić information content (AvgIpc) is 3.60. The van der Waals surface area contributed by atoms with E-state index in [1.807, 2.05) is 12.1 Å². The smallest absolute Gasteiger partial charge is 0.160 e. The quantitative estimate of drug-likeness (QED) is 0.175. The molecule has 0 fully saturated rings. The molecule has 7 aromatic carbocycles. The van der Waals surface area contributed by atoms with Crippen molar-refractivity contribution >= 4 is 5.57 Å². The van der Waals surface area contributed by atoms with Gasteiger partial charge in [-0.05, 0) is 79.8 Å². The van der Waals surface area contributed by atoms with Crippen LogP contribution in [0.4, 0.5) is 0 Å². The second-order valence-electron chi connectivity index (χ2n) is 16.4. The van der Waals surface area contributed by atoms with Gasteiger partial charge in [0.1, 0.15) is 0 Å². The van der Waals surface area contributed by atoms with Gasteiger partial charge in [0.25, 0.3) is 0 Å². The van der Waals surface area contributed by atoms with Crippen molar-refractivity contribution in [2.24, 2.45) is 0 Å². The Kier molecular flexibility index (Phi) is 7.91. The molecular formula is C56H42N2. The summed E-state index contributed by atoms with van der Waals surface area (Å²) in [5, 5.41) is 0. The third-order valence-corrected chi connectivity index (χ3v) is 12.9. The van der Waals surface area contributed by atoms with Gasteiger partial charge in [0.05, 0.1) is 16.8 Å². The number of allylic oxidation sites excluding steroid dienone is 4. The molecule has 3 aliphatic carbocycles. The number of fused-ring (bicyclic) bond motifs is 9. The van der Waals surface area contributed by atoms with Crippen LogP contribution in [0, 0.1) is 0 Å². The molecule has 11 rings (SSSR count). The molecule has 0 saturated carbocycles. The van der Waals surface area contributed by atoms with E-state index in [0.717, 1.165) is 40.3 Å². The van der Waals surface area contributed by atoms with Crippen LogP contribution >= 0.6 is 0 Å². The lowest BCUT2D eigenvalue weighted by Gasteiger charge is -2.46. The maximum absolute atomic E-state index is 5.11. The summed E-state index contributed by atoms with van der Waals surface area (Å²) in [5.74, 6) is 0.969. The Labute approximate surface area is 341 Å². The molecule has 276 valence electrons. The molecule has 1 aromatic heterocycles. The van der Waals surface area contributed by atoms with Crippen LogP contribution < -0.4 is 0 Å². The van der Waals surface area contributed by atoms with Crippen molar-refractivity contribution in [3.8, 4) is 45.0 Å². The van der Waals surface area contributed by atoms with Gasteiger partial charge in [-0.2, -0.15) is 0 Å². The van der Waals surface area contributed by atoms with Gasteiger partial charge in [0.2, 0.25) is 0 Å². The van der Waals surface area contributed by atoms with E-state index in [0.29, 0.717) is 0 Å². The van der Waals surface area contributed by atoms with Gasteiger partial charge in [-0.1, -0.05) is 202 Å². The van der Waals surface area contributed by atoms with Crippen molar-refractivity contribution in [3.63, 3.8) is 0 Å². The molecule has 0 radical (unpaired) electrons. The summed E-state index contributed by atoms with van der Waals surface area (Å²) in [4.78, 5) is 10.2. The second-order valence-corrected chi connectivity index (χ2v) is 16.4. The molecule has 0 aliphatic heterocycles. The van der Waals surface area contributed by atoms with Gasteiger partial charge in [0.15, 0.2) is 5.82 Å². The molecule has 0 saturated heterocycles. The summed E-state index contributed by atoms with van der Waals surface area (Å²) >= 11 is 0. The highest BCUT2D eigenvalue weighted by atomic mass is 14.9. The largest absolute Gasteiger partial charge is 0.228 e.